The molecule has 1 fully saturated rings. The molecule has 2 atom stereocenters. The molecule has 0 amide bonds. The van der Waals surface area contributed by atoms with Crippen molar-refractivity contribution in [3.8, 4) is 0 Å². The van der Waals surface area contributed by atoms with Crippen molar-refractivity contribution in [2.45, 2.75) is 65.4 Å². The fourth-order valence-corrected chi connectivity index (χ4v) is 3.04. The summed E-state index contributed by atoms with van der Waals surface area (Å²) in [4.78, 5) is 4.72. The van der Waals surface area contributed by atoms with Crippen molar-refractivity contribution in [1.82, 2.24) is 15.5 Å². The number of hydrogen-bond acceptors (Lipinski definition) is 5. The first-order chi connectivity index (χ1) is 9.93. The van der Waals surface area contributed by atoms with E-state index in [-0.39, 0.29) is 16.9 Å². The Hall–Kier alpha value is -0.940. The largest absolute Gasteiger partial charge is 0.370 e. The molecule has 1 aromatic heterocycles. The Morgan fingerprint density at radius 2 is 2.14 bits per heavy atom. The van der Waals surface area contributed by atoms with Gasteiger partial charge in [-0.3, -0.25) is 0 Å². The third-order valence-electron chi connectivity index (χ3n) is 4.40. The summed E-state index contributed by atoms with van der Waals surface area (Å²) in [5.74, 6) is 1.44. The van der Waals surface area contributed by atoms with Gasteiger partial charge in [-0.05, 0) is 38.1 Å². The average molecular weight is 295 g/mol. The summed E-state index contributed by atoms with van der Waals surface area (Å²) >= 11 is 0. The van der Waals surface area contributed by atoms with Gasteiger partial charge < -0.3 is 14.6 Å². The maximum absolute atomic E-state index is 5.86. The average Bonchev–Trinajstić information content (AvgIpc) is 2.94. The Bertz CT molecular complexity index is 445. The number of aromatic nitrogens is 2. The van der Waals surface area contributed by atoms with Crippen LogP contribution in [-0.4, -0.2) is 29.8 Å². The van der Waals surface area contributed by atoms with E-state index >= 15 is 0 Å². The van der Waals surface area contributed by atoms with E-state index in [9.17, 15) is 0 Å². The summed E-state index contributed by atoms with van der Waals surface area (Å²) in [6.45, 7) is 13.3. The van der Waals surface area contributed by atoms with Crippen LogP contribution in [0.5, 0.6) is 0 Å². The number of ether oxygens (including phenoxy) is 1. The number of hydrogen-bond donors (Lipinski definition) is 1. The van der Waals surface area contributed by atoms with E-state index < -0.39 is 0 Å². The van der Waals surface area contributed by atoms with Gasteiger partial charge in [0, 0.05) is 13.2 Å². The van der Waals surface area contributed by atoms with Crippen molar-refractivity contribution in [3.05, 3.63) is 11.7 Å². The van der Waals surface area contributed by atoms with E-state index in [1.54, 1.807) is 0 Å². The molecule has 120 valence electrons. The van der Waals surface area contributed by atoms with Gasteiger partial charge >= 0.3 is 0 Å². The monoisotopic (exact) mass is 295 g/mol. The summed E-state index contributed by atoms with van der Waals surface area (Å²) in [5, 5.41) is 7.69. The van der Waals surface area contributed by atoms with E-state index in [1.807, 2.05) is 6.92 Å². The van der Waals surface area contributed by atoms with E-state index in [2.05, 4.69) is 38.2 Å². The molecule has 0 aliphatic carbocycles. The second-order valence-electron chi connectivity index (χ2n) is 7.07. The molecular weight excluding hydrogens is 266 g/mol. The van der Waals surface area contributed by atoms with Crippen LogP contribution >= 0.6 is 0 Å². The van der Waals surface area contributed by atoms with Crippen LogP contribution in [0.25, 0.3) is 0 Å². The van der Waals surface area contributed by atoms with Crippen LogP contribution in [0, 0.1) is 5.41 Å². The predicted octanol–water partition coefficient (Wildman–Crippen LogP) is 3.22. The second kappa shape index (κ2) is 6.44. The number of nitrogens with one attached hydrogen (secondary N) is 1. The Labute approximate surface area is 127 Å². The third-order valence-corrected chi connectivity index (χ3v) is 4.40. The lowest BCUT2D eigenvalue weighted by Crippen LogP contribution is -2.43. The Balaban J connectivity index is 2.27. The SMILES string of the molecule is CCOC(c1noc(C2(CC)CCCNC2)n1)C(C)(C)C. The van der Waals surface area contributed by atoms with Gasteiger partial charge in [-0.2, -0.15) is 4.98 Å². The molecule has 0 saturated carbocycles. The second-order valence-corrected chi connectivity index (χ2v) is 7.07. The quantitative estimate of drug-likeness (QED) is 0.903. The third kappa shape index (κ3) is 3.46. The van der Waals surface area contributed by atoms with Crippen LogP contribution in [0.4, 0.5) is 0 Å². The van der Waals surface area contributed by atoms with E-state index in [1.165, 1.54) is 0 Å². The zero-order chi connectivity index (χ0) is 15.5. The molecule has 1 saturated heterocycles. The standard InChI is InChI=1S/C16H29N3O2/c1-6-16(9-8-10-17-11-16)14-18-13(19-21-14)12(20-7-2)15(3,4)5/h12,17H,6-11H2,1-5H3. The van der Waals surface area contributed by atoms with Gasteiger partial charge in [0.1, 0.15) is 6.10 Å². The lowest BCUT2D eigenvalue weighted by molar-refractivity contribution is -0.0203. The van der Waals surface area contributed by atoms with Gasteiger partial charge in [0.2, 0.25) is 11.7 Å². The topological polar surface area (TPSA) is 60.2 Å². The summed E-state index contributed by atoms with van der Waals surface area (Å²) in [5.41, 5.74) is -0.0699. The van der Waals surface area contributed by atoms with Gasteiger partial charge in [-0.25, -0.2) is 0 Å². The minimum absolute atomic E-state index is 0.0157. The first-order valence-electron chi connectivity index (χ1n) is 8.09. The molecule has 0 aromatic carbocycles. The highest BCUT2D eigenvalue weighted by molar-refractivity contribution is 5.09. The molecule has 1 aliphatic rings. The molecule has 1 aromatic rings. The van der Waals surface area contributed by atoms with Crippen molar-refractivity contribution >= 4 is 0 Å². The summed E-state index contributed by atoms with van der Waals surface area (Å²) < 4.78 is 11.5. The van der Waals surface area contributed by atoms with Gasteiger partial charge in [-0.1, -0.05) is 32.9 Å². The summed E-state index contributed by atoms with van der Waals surface area (Å²) in [7, 11) is 0. The van der Waals surface area contributed by atoms with Crippen LogP contribution in [0.2, 0.25) is 0 Å². The first kappa shape index (κ1) is 16.4. The van der Waals surface area contributed by atoms with Gasteiger partial charge in [0.25, 0.3) is 0 Å². The molecule has 0 spiro atoms. The number of rotatable bonds is 5. The van der Waals surface area contributed by atoms with Gasteiger partial charge in [0.05, 0.1) is 5.41 Å². The van der Waals surface area contributed by atoms with Gasteiger partial charge in [0.15, 0.2) is 0 Å². The number of nitrogens with zero attached hydrogens (tertiary/aromatic N) is 2. The van der Waals surface area contributed by atoms with Crippen LogP contribution < -0.4 is 5.32 Å². The first-order valence-corrected chi connectivity index (χ1v) is 8.09. The molecule has 5 heteroatoms. The molecule has 2 rings (SSSR count). The van der Waals surface area contributed by atoms with Crippen LogP contribution in [0.1, 0.15) is 71.7 Å². The Morgan fingerprint density at radius 1 is 1.38 bits per heavy atom. The van der Waals surface area contributed by atoms with Crippen LogP contribution in [0.15, 0.2) is 4.52 Å². The molecule has 2 heterocycles. The van der Waals surface area contributed by atoms with Crippen molar-refractivity contribution in [1.29, 1.82) is 0 Å². The maximum atomic E-state index is 5.86. The van der Waals surface area contributed by atoms with Crippen molar-refractivity contribution < 1.29 is 9.26 Å². The Morgan fingerprint density at radius 3 is 2.67 bits per heavy atom. The fraction of sp³-hybridized carbons (Fsp3) is 0.875. The lowest BCUT2D eigenvalue weighted by atomic mass is 9.78. The normalized spacial score (nSPS) is 25.0. The van der Waals surface area contributed by atoms with E-state index in [0.717, 1.165) is 38.2 Å². The summed E-state index contributed by atoms with van der Waals surface area (Å²) in [6.07, 6.45) is 3.13. The molecule has 2 unspecified atom stereocenters. The predicted molar refractivity (Wildman–Crippen MR) is 82.2 cm³/mol. The highest BCUT2D eigenvalue weighted by Crippen LogP contribution is 2.38. The fourth-order valence-electron chi connectivity index (χ4n) is 3.04. The van der Waals surface area contributed by atoms with Gasteiger partial charge in [-0.15, -0.1) is 0 Å². The molecule has 5 nitrogen and oxygen atoms in total. The number of piperidine rings is 1. The molecule has 21 heavy (non-hydrogen) atoms. The van der Waals surface area contributed by atoms with Crippen molar-refractivity contribution in [2.24, 2.45) is 5.41 Å². The minimum Gasteiger partial charge on any atom is -0.370 e. The zero-order valence-electron chi connectivity index (χ0n) is 14.0. The van der Waals surface area contributed by atoms with Crippen molar-refractivity contribution in [3.63, 3.8) is 0 Å². The highest BCUT2D eigenvalue weighted by atomic mass is 16.5. The van der Waals surface area contributed by atoms with Crippen LogP contribution in [-0.2, 0) is 10.2 Å². The highest BCUT2D eigenvalue weighted by Gasteiger charge is 2.39. The lowest BCUT2D eigenvalue weighted by Gasteiger charge is -2.33. The molecule has 0 radical (unpaired) electrons. The van der Waals surface area contributed by atoms with E-state index in [0.29, 0.717) is 12.4 Å². The Kier molecular flexibility index (Phi) is 5.04. The van der Waals surface area contributed by atoms with E-state index in [4.69, 9.17) is 14.2 Å². The summed E-state index contributed by atoms with van der Waals surface area (Å²) in [6, 6.07) is 0. The minimum atomic E-state index is -0.134. The zero-order valence-corrected chi connectivity index (χ0v) is 14.0. The molecule has 1 N–H and O–H groups in total. The molecule has 1 aliphatic heterocycles. The van der Waals surface area contributed by atoms with Crippen molar-refractivity contribution in [2.75, 3.05) is 19.7 Å². The van der Waals surface area contributed by atoms with Crippen LogP contribution in [0.3, 0.4) is 0 Å². The smallest absolute Gasteiger partial charge is 0.234 e. The molecular formula is C16H29N3O2. The molecule has 0 bridgehead atoms. The maximum Gasteiger partial charge on any atom is 0.234 e.